The second-order valence-electron chi connectivity index (χ2n) is 3.93. The molecule has 0 saturated carbocycles. The zero-order valence-corrected chi connectivity index (χ0v) is 16.2. The Morgan fingerprint density at radius 3 is 2.10 bits per heavy atom. The topological polar surface area (TPSA) is 55.1 Å². The second kappa shape index (κ2) is 6.60. The van der Waals surface area contributed by atoms with E-state index >= 15 is 0 Å². The van der Waals surface area contributed by atoms with Gasteiger partial charge >= 0.3 is 0 Å². The van der Waals surface area contributed by atoms with Crippen LogP contribution in [0, 0.1) is 0 Å². The molecule has 20 heavy (non-hydrogen) atoms. The van der Waals surface area contributed by atoms with Gasteiger partial charge in [-0.05, 0) is 78.1 Å². The third-order valence-corrected chi connectivity index (χ3v) is 4.90. The van der Waals surface area contributed by atoms with Crippen molar-refractivity contribution < 1.29 is 4.79 Å². The van der Waals surface area contributed by atoms with E-state index in [1.54, 1.807) is 18.2 Å². The average Bonchev–Trinajstić information content (AvgIpc) is 2.36. The van der Waals surface area contributed by atoms with Gasteiger partial charge in [-0.3, -0.25) is 4.79 Å². The predicted octanol–water partition coefficient (Wildman–Crippen LogP) is 5.57. The molecule has 0 fully saturated rings. The van der Waals surface area contributed by atoms with Crippen molar-refractivity contribution in [1.82, 2.24) is 0 Å². The molecular formula is C13H8Br4N2O. The van der Waals surface area contributed by atoms with Gasteiger partial charge in [0.2, 0.25) is 0 Å². The molecule has 0 aromatic heterocycles. The molecule has 0 unspecified atom stereocenters. The van der Waals surface area contributed by atoms with Crippen molar-refractivity contribution in [3.8, 4) is 0 Å². The van der Waals surface area contributed by atoms with Gasteiger partial charge < -0.3 is 11.1 Å². The van der Waals surface area contributed by atoms with E-state index in [2.05, 4.69) is 69.0 Å². The molecule has 0 atom stereocenters. The minimum atomic E-state index is -0.213. The van der Waals surface area contributed by atoms with Gasteiger partial charge in [-0.1, -0.05) is 15.9 Å². The number of carbonyl (C=O) groups is 1. The second-order valence-corrected chi connectivity index (χ2v) is 7.41. The van der Waals surface area contributed by atoms with Crippen LogP contribution in [0.2, 0.25) is 0 Å². The summed E-state index contributed by atoms with van der Waals surface area (Å²) in [5.74, 6) is -0.213. The molecule has 0 aliphatic rings. The van der Waals surface area contributed by atoms with Crippen molar-refractivity contribution in [3.63, 3.8) is 0 Å². The van der Waals surface area contributed by atoms with Gasteiger partial charge in [0.05, 0.1) is 5.69 Å². The minimum absolute atomic E-state index is 0.213. The lowest BCUT2D eigenvalue weighted by Gasteiger charge is -2.11. The zero-order chi connectivity index (χ0) is 14.9. The van der Waals surface area contributed by atoms with E-state index in [4.69, 9.17) is 5.73 Å². The highest BCUT2D eigenvalue weighted by Crippen LogP contribution is 2.34. The first-order valence-electron chi connectivity index (χ1n) is 5.39. The van der Waals surface area contributed by atoms with Crippen LogP contribution in [0.25, 0.3) is 0 Å². The van der Waals surface area contributed by atoms with Gasteiger partial charge in [0, 0.05) is 29.1 Å². The molecular weight excluding hydrogens is 520 g/mol. The fourth-order valence-corrected chi connectivity index (χ4v) is 4.35. The van der Waals surface area contributed by atoms with E-state index in [-0.39, 0.29) is 5.91 Å². The largest absolute Gasteiger partial charge is 0.398 e. The van der Waals surface area contributed by atoms with Crippen LogP contribution in [0.15, 0.2) is 48.2 Å². The van der Waals surface area contributed by atoms with Crippen molar-refractivity contribution in [1.29, 1.82) is 0 Å². The molecule has 104 valence electrons. The molecule has 0 radical (unpaired) electrons. The lowest BCUT2D eigenvalue weighted by atomic mass is 10.2. The van der Waals surface area contributed by atoms with E-state index in [9.17, 15) is 4.79 Å². The zero-order valence-electron chi connectivity index (χ0n) is 9.88. The van der Waals surface area contributed by atoms with Crippen molar-refractivity contribution in [2.24, 2.45) is 0 Å². The molecule has 0 aliphatic carbocycles. The van der Waals surface area contributed by atoms with Crippen LogP contribution in [0.3, 0.4) is 0 Å². The number of carbonyl (C=O) groups excluding carboxylic acids is 1. The van der Waals surface area contributed by atoms with Gasteiger partial charge in [0.1, 0.15) is 0 Å². The molecule has 3 nitrogen and oxygen atoms in total. The van der Waals surface area contributed by atoms with E-state index in [0.29, 0.717) is 21.4 Å². The average molecular weight is 528 g/mol. The molecule has 2 rings (SSSR count). The number of rotatable bonds is 2. The van der Waals surface area contributed by atoms with E-state index < -0.39 is 0 Å². The molecule has 3 N–H and O–H groups in total. The monoisotopic (exact) mass is 524 g/mol. The summed E-state index contributed by atoms with van der Waals surface area (Å²) in [7, 11) is 0. The Labute approximate surface area is 149 Å². The Kier molecular flexibility index (Phi) is 5.28. The number of amides is 1. The minimum Gasteiger partial charge on any atom is -0.398 e. The van der Waals surface area contributed by atoms with Crippen molar-refractivity contribution >= 4 is 81.0 Å². The summed E-state index contributed by atoms with van der Waals surface area (Å²) < 4.78 is 3.16. The molecule has 0 saturated heterocycles. The number of benzene rings is 2. The first kappa shape index (κ1) is 16.0. The molecule has 7 heteroatoms. The first-order chi connectivity index (χ1) is 9.38. The highest BCUT2D eigenvalue weighted by atomic mass is 79.9. The van der Waals surface area contributed by atoms with Crippen LogP contribution in [0.1, 0.15) is 10.4 Å². The summed E-state index contributed by atoms with van der Waals surface area (Å²) >= 11 is 13.5. The Balaban J connectivity index is 2.30. The van der Waals surface area contributed by atoms with Gasteiger partial charge in [0.25, 0.3) is 5.91 Å². The van der Waals surface area contributed by atoms with Crippen LogP contribution in [-0.2, 0) is 0 Å². The molecule has 2 aromatic rings. The molecule has 1 amide bonds. The summed E-state index contributed by atoms with van der Waals surface area (Å²) in [5, 5.41) is 2.85. The lowest BCUT2D eigenvalue weighted by Crippen LogP contribution is -2.13. The number of anilines is 2. The molecule has 0 aliphatic heterocycles. The van der Waals surface area contributed by atoms with Crippen LogP contribution in [0.4, 0.5) is 11.4 Å². The number of hydrogen-bond acceptors (Lipinski definition) is 2. The van der Waals surface area contributed by atoms with Crippen LogP contribution >= 0.6 is 63.7 Å². The van der Waals surface area contributed by atoms with Crippen LogP contribution in [0.5, 0.6) is 0 Å². The Hall–Kier alpha value is -0.370. The normalized spacial score (nSPS) is 10.4. The van der Waals surface area contributed by atoms with Crippen molar-refractivity contribution in [2.45, 2.75) is 0 Å². The smallest absolute Gasteiger partial charge is 0.255 e. The van der Waals surface area contributed by atoms with E-state index in [0.717, 1.165) is 13.4 Å². The number of halogens is 4. The van der Waals surface area contributed by atoms with Crippen LogP contribution < -0.4 is 11.1 Å². The molecule has 0 spiro atoms. The SMILES string of the molecule is Nc1ccc(C(=O)Nc2c(Br)cc(Br)cc2Br)cc1Br. The predicted molar refractivity (Wildman–Crippen MR) is 96.0 cm³/mol. The summed E-state index contributed by atoms with van der Waals surface area (Å²) in [4.78, 5) is 12.2. The lowest BCUT2D eigenvalue weighted by molar-refractivity contribution is 0.102. The fourth-order valence-electron chi connectivity index (χ4n) is 1.52. The number of nitrogens with two attached hydrogens (primary N) is 1. The van der Waals surface area contributed by atoms with Gasteiger partial charge in [-0.15, -0.1) is 0 Å². The summed E-state index contributed by atoms with van der Waals surface area (Å²) in [5.41, 5.74) is 7.49. The number of nitrogen functional groups attached to an aromatic ring is 1. The molecule has 0 heterocycles. The summed E-state index contributed by atoms with van der Waals surface area (Å²) in [6, 6.07) is 8.77. The third-order valence-electron chi connectivity index (χ3n) is 2.51. The van der Waals surface area contributed by atoms with E-state index in [1.165, 1.54) is 0 Å². The quantitative estimate of drug-likeness (QED) is 0.502. The molecule has 0 bridgehead atoms. The van der Waals surface area contributed by atoms with E-state index in [1.807, 2.05) is 12.1 Å². The van der Waals surface area contributed by atoms with Crippen LogP contribution in [-0.4, -0.2) is 5.91 Å². The maximum Gasteiger partial charge on any atom is 0.255 e. The third kappa shape index (κ3) is 3.63. The van der Waals surface area contributed by atoms with Crippen molar-refractivity contribution in [2.75, 3.05) is 11.1 Å². The highest BCUT2D eigenvalue weighted by molar-refractivity contribution is 9.11. The maximum atomic E-state index is 12.2. The first-order valence-corrected chi connectivity index (χ1v) is 8.56. The fraction of sp³-hybridized carbons (Fsp3) is 0. The summed E-state index contributed by atoms with van der Waals surface area (Å²) in [6.07, 6.45) is 0. The summed E-state index contributed by atoms with van der Waals surface area (Å²) in [6.45, 7) is 0. The Morgan fingerprint density at radius 2 is 1.55 bits per heavy atom. The van der Waals surface area contributed by atoms with Gasteiger partial charge in [-0.2, -0.15) is 0 Å². The standard InChI is InChI=1S/C13H8Br4N2O/c14-7-4-9(16)12(10(17)5-7)19-13(20)6-1-2-11(18)8(15)3-6/h1-5H,18H2,(H,19,20). The Bertz CT molecular complexity index is 665. The number of nitrogens with one attached hydrogen (secondary N) is 1. The highest BCUT2D eigenvalue weighted by Gasteiger charge is 2.13. The maximum absolute atomic E-state index is 12.2. The molecule has 2 aromatic carbocycles. The van der Waals surface area contributed by atoms with Crippen molar-refractivity contribution in [3.05, 3.63) is 53.8 Å². The van der Waals surface area contributed by atoms with Gasteiger partial charge in [0.15, 0.2) is 0 Å². The Morgan fingerprint density at radius 1 is 0.950 bits per heavy atom. The number of hydrogen-bond donors (Lipinski definition) is 2. The van der Waals surface area contributed by atoms with Gasteiger partial charge in [-0.25, -0.2) is 0 Å².